The Kier molecular flexibility index (Phi) is 6.38. The highest BCUT2D eigenvalue weighted by molar-refractivity contribution is 6.02. The van der Waals surface area contributed by atoms with Crippen LogP contribution in [0, 0.1) is 5.92 Å². The minimum absolute atomic E-state index is 0.141. The van der Waals surface area contributed by atoms with Gasteiger partial charge in [-0.25, -0.2) is 9.59 Å². The summed E-state index contributed by atoms with van der Waals surface area (Å²) in [4.78, 5) is 35.9. The van der Waals surface area contributed by atoms with Gasteiger partial charge in [0, 0.05) is 18.5 Å². The Morgan fingerprint density at radius 3 is 2.04 bits per heavy atom. The summed E-state index contributed by atoms with van der Waals surface area (Å²) < 4.78 is 9.68. The maximum absolute atomic E-state index is 12.2. The van der Waals surface area contributed by atoms with E-state index in [2.05, 4.69) is 10.6 Å². The van der Waals surface area contributed by atoms with E-state index in [4.69, 9.17) is 9.47 Å². The van der Waals surface area contributed by atoms with E-state index in [9.17, 15) is 14.4 Å². The predicted octanol–water partition coefficient (Wildman–Crippen LogP) is 0.518. The SMILES string of the molecule is CCOC(=O)C(NC(=O)CC1CC2CCC(C1)N2)C(=O)OCC. The van der Waals surface area contributed by atoms with Crippen molar-refractivity contribution in [2.24, 2.45) is 5.92 Å². The fourth-order valence-electron chi connectivity index (χ4n) is 3.49. The van der Waals surface area contributed by atoms with Gasteiger partial charge in [0.1, 0.15) is 0 Å². The van der Waals surface area contributed by atoms with E-state index in [0.29, 0.717) is 24.4 Å². The van der Waals surface area contributed by atoms with E-state index in [1.165, 1.54) is 0 Å². The third kappa shape index (κ3) is 4.92. The lowest BCUT2D eigenvalue weighted by molar-refractivity contribution is -0.159. The third-order valence-electron chi connectivity index (χ3n) is 4.39. The number of carbonyl (C=O) groups excluding carboxylic acids is 3. The molecule has 2 rings (SSSR count). The van der Waals surface area contributed by atoms with Gasteiger partial charge in [0.15, 0.2) is 0 Å². The minimum atomic E-state index is -1.37. The first kappa shape index (κ1) is 17.7. The van der Waals surface area contributed by atoms with Crippen LogP contribution in [0.4, 0.5) is 0 Å². The first-order valence-corrected chi connectivity index (χ1v) is 8.42. The molecule has 2 atom stereocenters. The van der Waals surface area contributed by atoms with Gasteiger partial charge in [0.25, 0.3) is 0 Å². The zero-order chi connectivity index (χ0) is 16.8. The van der Waals surface area contributed by atoms with Gasteiger partial charge in [-0.15, -0.1) is 0 Å². The summed E-state index contributed by atoms with van der Waals surface area (Å²) in [6.07, 6.45) is 4.58. The Balaban J connectivity index is 1.88. The predicted molar refractivity (Wildman–Crippen MR) is 82.5 cm³/mol. The molecule has 0 radical (unpaired) electrons. The number of nitrogens with one attached hydrogen (secondary N) is 2. The number of esters is 2. The van der Waals surface area contributed by atoms with Crippen LogP contribution >= 0.6 is 0 Å². The number of ether oxygens (including phenoxy) is 2. The van der Waals surface area contributed by atoms with Crippen molar-refractivity contribution in [1.82, 2.24) is 10.6 Å². The molecule has 23 heavy (non-hydrogen) atoms. The van der Waals surface area contributed by atoms with Gasteiger partial charge in [-0.1, -0.05) is 0 Å². The normalized spacial score (nSPS) is 26.0. The van der Waals surface area contributed by atoms with E-state index in [1.54, 1.807) is 13.8 Å². The monoisotopic (exact) mass is 326 g/mol. The fraction of sp³-hybridized carbons (Fsp3) is 0.812. The molecule has 0 saturated carbocycles. The number of hydrogen-bond donors (Lipinski definition) is 2. The van der Waals surface area contributed by atoms with Crippen LogP contribution in [0.1, 0.15) is 46.0 Å². The summed E-state index contributed by atoms with van der Waals surface area (Å²) in [5.41, 5.74) is 0. The Morgan fingerprint density at radius 1 is 1.04 bits per heavy atom. The number of carbonyl (C=O) groups is 3. The average Bonchev–Trinajstić information content (AvgIpc) is 2.84. The van der Waals surface area contributed by atoms with Gasteiger partial charge in [-0.05, 0) is 45.4 Å². The Bertz CT molecular complexity index is 424. The van der Waals surface area contributed by atoms with E-state index >= 15 is 0 Å². The molecule has 2 saturated heterocycles. The van der Waals surface area contributed by atoms with E-state index < -0.39 is 18.0 Å². The van der Waals surface area contributed by atoms with Crippen molar-refractivity contribution >= 4 is 17.8 Å². The Hall–Kier alpha value is -1.63. The van der Waals surface area contributed by atoms with Crippen molar-refractivity contribution in [3.63, 3.8) is 0 Å². The minimum Gasteiger partial charge on any atom is -0.464 e. The zero-order valence-corrected chi connectivity index (χ0v) is 13.8. The second-order valence-corrected chi connectivity index (χ2v) is 6.18. The highest BCUT2D eigenvalue weighted by atomic mass is 16.6. The second-order valence-electron chi connectivity index (χ2n) is 6.18. The smallest absolute Gasteiger partial charge is 0.340 e. The highest BCUT2D eigenvalue weighted by Gasteiger charge is 2.36. The summed E-state index contributed by atoms with van der Waals surface area (Å²) in [5.74, 6) is -1.56. The molecule has 7 nitrogen and oxygen atoms in total. The van der Waals surface area contributed by atoms with Crippen LogP contribution in [0.5, 0.6) is 0 Å². The molecule has 0 spiro atoms. The molecule has 0 aromatic rings. The molecule has 7 heteroatoms. The first-order valence-electron chi connectivity index (χ1n) is 8.42. The number of hydrogen-bond acceptors (Lipinski definition) is 6. The summed E-state index contributed by atoms with van der Waals surface area (Å²) in [7, 11) is 0. The van der Waals surface area contributed by atoms with E-state index in [-0.39, 0.29) is 19.1 Å². The molecule has 2 unspecified atom stereocenters. The van der Waals surface area contributed by atoms with Crippen molar-refractivity contribution in [2.45, 2.75) is 64.1 Å². The van der Waals surface area contributed by atoms with Crippen LogP contribution in [0.3, 0.4) is 0 Å². The molecule has 2 aliphatic rings. The van der Waals surface area contributed by atoms with Gasteiger partial charge in [0.05, 0.1) is 13.2 Å². The lowest BCUT2D eigenvalue weighted by atomic mass is 9.89. The van der Waals surface area contributed by atoms with Crippen molar-refractivity contribution in [3.8, 4) is 0 Å². The maximum atomic E-state index is 12.2. The van der Waals surface area contributed by atoms with Gasteiger partial charge < -0.3 is 20.1 Å². The number of fused-ring (bicyclic) bond motifs is 2. The number of amides is 1. The molecule has 1 amide bonds. The molecule has 0 aliphatic carbocycles. The molecule has 130 valence electrons. The van der Waals surface area contributed by atoms with Crippen LogP contribution in [-0.2, 0) is 23.9 Å². The molecule has 2 fully saturated rings. The van der Waals surface area contributed by atoms with Crippen molar-refractivity contribution in [1.29, 1.82) is 0 Å². The maximum Gasteiger partial charge on any atom is 0.340 e. The van der Waals surface area contributed by atoms with Gasteiger partial charge in [0.2, 0.25) is 11.9 Å². The molecule has 2 aliphatic heterocycles. The number of rotatable bonds is 7. The number of piperidine rings is 1. The van der Waals surface area contributed by atoms with Crippen molar-refractivity contribution in [2.75, 3.05) is 13.2 Å². The third-order valence-corrected chi connectivity index (χ3v) is 4.39. The summed E-state index contributed by atoms with van der Waals surface area (Å²) in [5, 5.41) is 6.00. The Morgan fingerprint density at radius 2 is 1.57 bits per heavy atom. The molecular weight excluding hydrogens is 300 g/mol. The molecule has 0 aromatic heterocycles. The lowest BCUT2D eigenvalue weighted by Gasteiger charge is -2.29. The van der Waals surface area contributed by atoms with Crippen molar-refractivity contribution < 1.29 is 23.9 Å². The van der Waals surface area contributed by atoms with Gasteiger partial charge in [-0.3, -0.25) is 4.79 Å². The molecule has 0 aromatic carbocycles. The summed E-state index contributed by atoms with van der Waals surface area (Å²) in [6.45, 7) is 3.57. The second kappa shape index (κ2) is 8.29. The summed E-state index contributed by atoms with van der Waals surface area (Å²) in [6, 6.07) is -0.379. The molecule has 2 N–H and O–H groups in total. The highest BCUT2D eigenvalue weighted by Crippen LogP contribution is 2.32. The molecular formula is C16H26N2O5. The van der Waals surface area contributed by atoms with Crippen LogP contribution < -0.4 is 10.6 Å². The topological polar surface area (TPSA) is 93.7 Å². The fourth-order valence-corrected chi connectivity index (χ4v) is 3.49. The zero-order valence-electron chi connectivity index (χ0n) is 13.8. The van der Waals surface area contributed by atoms with Crippen LogP contribution in [0.25, 0.3) is 0 Å². The van der Waals surface area contributed by atoms with Crippen molar-refractivity contribution in [3.05, 3.63) is 0 Å². The molecule has 2 heterocycles. The van der Waals surface area contributed by atoms with E-state index in [1.807, 2.05) is 0 Å². The lowest BCUT2D eigenvalue weighted by Crippen LogP contribution is -2.49. The largest absolute Gasteiger partial charge is 0.464 e. The Labute approximate surface area is 136 Å². The van der Waals surface area contributed by atoms with Gasteiger partial charge in [-0.2, -0.15) is 0 Å². The van der Waals surface area contributed by atoms with Crippen LogP contribution in [0.15, 0.2) is 0 Å². The molecule has 2 bridgehead atoms. The average molecular weight is 326 g/mol. The standard InChI is InChI=1S/C16H26N2O5/c1-3-22-15(20)14(16(21)23-4-2)18-13(19)9-10-7-11-5-6-12(8-10)17-11/h10-12,14,17H,3-9H2,1-2H3,(H,18,19). The van der Waals surface area contributed by atoms with Crippen LogP contribution in [-0.4, -0.2) is 49.2 Å². The first-order chi connectivity index (χ1) is 11.0. The van der Waals surface area contributed by atoms with Crippen LogP contribution in [0.2, 0.25) is 0 Å². The quantitative estimate of drug-likeness (QED) is 0.523. The van der Waals surface area contributed by atoms with E-state index in [0.717, 1.165) is 25.7 Å². The summed E-state index contributed by atoms with van der Waals surface area (Å²) >= 11 is 0. The van der Waals surface area contributed by atoms with Gasteiger partial charge >= 0.3 is 11.9 Å².